The number of ketones is 1. The van der Waals surface area contributed by atoms with Crippen molar-refractivity contribution in [1.82, 2.24) is 0 Å². The summed E-state index contributed by atoms with van der Waals surface area (Å²) in [4.78, 5) is 12.6. The van der Waals surface area contributed by atoms with Crippen LogP contribution in [0.4, 0.5) is 0 Å². The number of Topliss-reactive ketones (excluding diaryl/α,β-unsaturated/α-hetero) is 1. The van der Waals surface area contributed by atoms with E-state index in [1.807, 2.05) is 18.2 Å². The average Bonchev–Trinajstić information content (AvgIpc) is 2.58. The van der Waals surface area contributed by atoms with E-state index in [2.05, 4.69) is 26.0 Å². The first kappa shape index (κ1) is 17.3. The molecular weight excluding hydrogens is 284 g/mol. The molecule has 0 unspecified atom stereocenters. The summed E-state index contributed by atoms with van der Waals surface area (Å²) in [6, 6.07) is 13.3. The quantitative estimate of drug-likeness (QED) is 0.628. The number of aryl methyl sites for hydroxylation is 1. The number of hydrogen-bond acceptors (Lipinski definition) is 2. The van der Waals surface area contributed by atoms with Gasteiger partial charge in [-0.05, 0) is 54.2 Å². The van der Waals surface area contributed by atoms with Crippen molar-refractivity contribution in [1.29, 1.82) is 0 Å². The highest BCUT2D eigenvalue weighted by Gasteiger charge is 2.12. The second-order valence-electron chi connectivity index (χ2n) is 6.05. The van der Waals surface area contributed by atoms with E-state index in [0.717, 1.165) is 54.4 Å². The molecule has 1 N–H and O–H groups in total. The minimum atomic E-state index is 0.249. The molecule has 122 valence electrons. The first-order valence-electron chi connectivity index (χ1n) is 8.61. The second kappa shape index (κ2) is 8.52. The Labute approximate surface area is 139 Å². The lowest BCUT2D eigenvalue weighted by Crippen LogP contribution is -2.04. The number of rotatable bonds is 8. The molecule has 2 aromatic rings. The molecule has 0 spiro atoms. The van der Waals surface area contributed by atoms with E-state index in [-0.39, 0.29) is 11.5 Å². The molecule has 0 aliphatic rings. The largest absolute Gasteiger partial charge is 0.508 e. The van der Waals surface area contributed by atoms with Crippen molar-refractivity contribution in [2.75, 3.05) is 0 Å². The smallest absolute Gasteiger partial charge is 0.163 e. The van der Waals surface area contributed by atoms with Crippen molar-refractivity contribution in [2.24, 2.45) is 0 Å². The first-order valence-corrected chi connectivity index (χ1v) is 8.61. The maximum absolute atomic E-state index is 12.6. The molecule has 2 nitrogen and oxygen atoms in total. The third-order valence-electron chi connectivity index (χ3n) is 4.17. The van der Waals surface area contributed by atoms with E-state index < -0.39 is 0 Å². The summed E-state index contributed by atoms with van der Waals surface area (Å²) in [5, 5.41) is 9.43. The van der Waals surface area contributed by atoms with Crippen LogP contribution in [0.5, 0.6) is 5.75 Å². The molecule has 0 heterocycles. The van der Waals surface area contributed by atoms with Crippen LogP contribution in [-0.4, -0.2) is 10.9 Å². The van der Waals surface area contributed by atoms with Gasteiger partial charge in [0.2, 0.25) is 0 Å². The lowest BCUT2D eigenvalue weighted by atomic mass is 9.92. The number of aromatic hydroxyl groups is 1. The summed E-state index contributed by atoms with van der Waals surface area (Å²) in [6.45, 7) is 4.28. The van der Waals surface area contributed by atoms with Crippen LogP contribution in [0.1, 0.15) is 61.9 Å². The summed E-state index contributed by atoms with van der Waals surface area (Å²) in [5.41, 5.74) is 4.09. The highest BCUT2D eigenvalue weighted by molar-refractivity contribution is 5.98. The van der Waals surface area contributed by atoms with Gasteiger partial charge in [-0.3, -0.25) is 4.79 Å². The molecule has 23 heavy (non-hydrogen) atoms. The van der Waals surface area contributed by atoms with Gasteiger partial charge < -0.3 is 5.11 Å². The number of hydrogen-bond donors (Lipinski definition) is 1. The fraction of sp³-hybridized carbons (Fsp3) is 0.381. The van der Waals surface area contributed by atoms with Gasteiger partial charge >= 0.3 is 0 Å². The van der Waals surface area contributed by atoms with Crippen molar-refractivity contribution in [3.63, 3.8) is 0 Å². The van der Waals surface area contributed by atoms with Crippen molar-refractivity contribution in [2.45, 2.75) is 52.4 Å². The summed E-state index contributed by atoms with van der Waals surface area (Å²) in [7, 11) is 0. The topological polar surface area (TPSA) is 37.3 Å². The Kier molecular flexibility index (Phi) is 6.40. The van der Waals surface area contributed by atoms with Crippen LogP contribution in [0, 0.1) is 0 Å². The third kappa shape index (κ3) is 4.69. The van der Waals surface area contributed by atoms with Crippen molar-refractivity contribution in [3.8, 4) is 16.9 Å². The van der Waals surface area contributed by atoms with Gasteiger partial charge in [0.1, 0.15) is 5.75 Å². The molecule has 0 bridgehead atoms. The van der Waals surface area contributed by atoms with Crippen molar-refractivity contribution >= 4 is 5.78 Å². The molecule has 0 aliphatic carbocycles. The van der Waals surface area contributed by atoms with Gasteiger partial charge in [-0.1, -0.05) is 51.0 Å². The number of phenols is 1. The van der Waals surface area contributed by atoms with E-state index in [0.29, 0.717) is 6.42 Å². The molecule has 0 aliphatic heterocycles. The van der Waals surface area contributed by atoms with Crippen molar-refractivity contribution in [3.05, 3.63) is 53.6 Å². The normalized spacial score (nSPS) is 10.7. The zero-order valence-electron chi connectivity index (χ0n) is 14.1. The molecule has 0 radical (unpaired) electrons. The highest BCUT2D eigenvalue weighted by Crippen LogP contribution is 2.26. The fourth-order valence-electron chi connectivity index (χ4n) is 2.73. The van der Waals surface area contributed by atoms with Gasteiger partial charge in [-0.25, -0.2) is 0 Å². The van der Waals surface area contributed by atoms with Gasteiger partial charge in [0, 0.05) is 12.0 Å². The minimum Gasteiger partial charge on any atom is -0.508 e. The number of carbonyl (C=O) groups is 1. The Bertz CT molecular complexity index is 641. The number of benzene rings is 2. The molecule has 2 heteroatoms. The second-order valence-corrected chi connectivity index (χ2v) is 6.05. The predicted octanol–water partition coefficient (Wildman–Crippen LogP) is 5.77. The Morgan fingerprint density at radius 2 is 1.57 bits per heavy atom. The third-order valence-corrected chi connectivity index (χ3v) is 4.17. The first-order chi connectivity index (χ1) is 11.2. The Hall–Kier alpha value is -2.09. The lowest BCUT2D eigenvalue weighted by Gasteiger charge is -2.11. The monoisotopic (exact) mass is 310 g/mol. The van der Waals surface area contributed by atoms with Gasteiger partial charge in [0.05, 0.1) is 0 Å². The van der Waals surface area contributed by atoms with Crippen molar-refractivity contribution < 1.29 is 9.90 Å². The van der Waals surface area contributed by atoms with Crippen LogP contribution in [0.3, 0.4) is 0 Å². The van der Waals surface area contributed by atoms with E-state index in [4.69, 9.17) is 0 Å². The van der Waals surface area contributed by atoms with Crippen LogP contribution in [0.25, 0.3) is 11.1 Å². The molecular formula is C21H26O2. The number of unbranched alkanes of at least 4 members (excludes halogenated alkanes) is 2. The SMILES string of the molecule is CCCCC(=O)c1cc(-c2ccc(O)cc2)ccc1CCCC. The Balaban J connectivity index is 2.35. The van der Waals surface area contributed by atoms with Gasteiger partial charge in [0.15, 0.2) is 5.78 Å². The zero-order chi connectivity index (χ0) is 16.7. The van der Waals surface area contributed by atoms with Crippen LogP contribution in [-0.2, 0) is 6.42 Å². The molecule has 2 rings (SSSR count). The molecule has 0 amide bonds. The Morgan fingerprint density at radius 3 is 2.22 bits per heavy atom. The van der Waals surface area contributed by atoms with Crippen LogP contribution in [0.15, 0.2) is 42.5 Å². The highest BCUT2D eigenvalue weighted by atomic mass is 16.3. The van der Waals surface area contributed by atoms with Crippen LogP contribution in [0.2, 0.25) is 0 Å². The maximum Gasteiger partial charge on any atom is 0.163 e. The molecule has 0 saturated carbocycles. The standard InChI is InChI=1S/C21H26O2/c1-3-5-7-17-9-10-18(16-11-13-19(22)14-12-16)15-20(17)21(23)8-6-4-2/h9-15,22H,3-8H2,1-2H3. The predicted molar refractivity (Wildman–Crippen MR) is 96.0 cm³/mol. The number of carbonyl (C=O) groups excluding carboxylic acids is 1. The maximum atomic E-state index is 12.6. The molecule has 0 saturated heterocycles. The summed E-state index contributed by atoms with van der Waals surface area (Å²) >= 11 is 0. The van der Waals surface area contributed by atoms with E-state index in [1.54, 1.807) is 12.1 Å². The van der Waals surface area contributed by atoms with Gasteiger partial charge in [-0.2, -0.15) is 0 Å². The lowest BCUT2D eigenvalue weighted by molar-refractivity contribution is 0.0979. The summed E-state index contributed by atoms with van der Waals surface area (Å²) in [6.07, 6.45) is 5.78. The van der Waals surface area contributed by atoms with E-state index in [1.165, 1.54) is 0 Å². The Morgan fingerprint density at radius 1 is 0.913 bits per heavy atom. The molecule has 0 atom stereocenters. The van der Waals surface area contributed by atoms with E-state index >= 15 is 0 Å². The van der Waals surface area contributed by atoms with Crippen LogP contribution >= 0.6 is 0 Å². The summed E-state index contributed by atoms with van der Waals surface area (Å²) < 4.78 is 0. The fourth-order valence-corrected chi connectivity index (χ4v) is 2.73. The molecule has 0 fully saturated rings. The summed E-state index contributed by atoms with van der Waals surface area (Å²) in [5.74, 6) is 0.506. The molecule has 2 aromatic carbocycles. The average molecular weight is 310 g/mol. The number of phenolic OH excluding ortho intramolecular Hbond substituents is 1. The van der Waals surface area contributed by atoms with Gasteiger partial charge in [0.25, 0.3) is 0 Å². The van der Waals surface area contributed by atoms with Gasteiger partial charge in [-0.15, -0.1) is 0 Å². The van der Waals surface area contributed by atoms with Crippen LogP contribution < -0.4 is 0 Å². The van der Waals surface area contributed by atoms with E-state index in [9.17, 15) is 9.90 Å². The molecule has 0 aromatic heterocycles. The zero-order valence-corrected chi connectivity index (χ0v) is 14.1. The minimum absolute atomic E-state index is 0.249.